The van der Waals surface area contributed by atoms with Gasteiger partial charge in [0.1, 0.15) is 12.6 Å². The van der Waals surface area contributed by atoms with Crippen molar-refractivity contribution in [3.8, 4) is 0 Å². The van der Waals surface area contributed by atoms with E-state index in [2.05, 4.69) is 4.98 Å². The van der Waals surface area contributed by atoms with Crippen LogP contribution in [0.2, 0.25) is 0 Å². The van der Waals surface area contributed by atoms with Crippen molar-refractivity contribution >= 4 is 12.1 Å². The van der Waals surface area contributed by atoms with Crippen molar-refractivity contribution in [1.29, 1.82) is 0 Å². The number of rotatable bonds is 7. The highest BCUT2D eigenvalue weighted by Gasteiger charge is 2.27. The lowest BCUT2D eigenvalue weighted by molar-refractivity contribution is -0.142. The first kappa shape index (κ1) is 17.5. The largest absolute Gasteiger partial charge is 0.480 e. The van der Waals surface area contributed by atoms with Crippen molar-refractivity contribution in [2.24, 2.45) is 0 Å². The number of carbonyl (C=O) groups is 2. The second-order valence-electron chi connectivity index (χ2n) is 5.41. The van der Waals surface area contributed by atoms with E-state index >= 15 is 0 Å². The Kier molecular flexibility index (Phi) is 6.31. The minimum absolute atomic E-state index is 0.110. The molecule has 6 heteroatoms. The number of carboxylic acid groups (broad SMARTS) is 1. The maximum Gasteiger partial charge on any atom is 0.410 e. The molecule has 1 atom stereocenters. The number of aromatic nitrogens is 1. The van der Waals surface area contributed by atoms with E-state index in [1.165, 1.54) is 7.05 Å². The molecule has 0 saturated carbocycles. The number of pyridine rings is 1. The normalized spacial score (nSPS) is 11.5. The Balaban J connectivity index is 1.91. The average molecular weight is 328 g/mol. The fourth-order valence-corrected chi connectivity index (χ4v) is 2.28. The number of nitrogens with zero attached hydrogens (tertiary/aromatic N) is 2. The fraction of sp³-hybridized carbons (Fsp3) is 0.278. The van der Waals surface area contributed by atoms with E-state index in [4.69, 9.17) is 4.74 Å². The molecular weight excluding hydrogens is 308 g/mol. The summed E-state index contributed by atoms with van der Waals surface area (Å²) in [6, 6.07) is 12.0. The van der Waals surface area contributed by atoms with Crippen LogP contribution < -0.4 is 0 Å². The number of benzene rings is 1. The molecule has 0 aliphatic rings. The first-order chi connectivity index (χ1) is 11.6. The molecular formula is C18H20N2O4. The van der Waals surface area contributed by atoms with Crippen LogP contribution in [0.1, 0.15) is 17.5 Å². The summed E-state index contributed by atoms with van der Waals surface area (Å²) >= 11 is 0. The number of amides is 1. The molecule has 1 amide bonds. The summed E-state index contributed by atoms with van der Waals surface area (Å²) < 4.78 is 5.18. The van der Waals surface area contributed by atoms with Gasteiger partial charge in [0.15, 0.2) is 0 Å². The zero-order valence-corrected chi connectivity index (χ0v) is 13.5. The summed E-state index contributed by atoms with van der Waals surface area (Å²) in [5.41, 5.74) is 1.77. The van der Waals surface area contributed by atoms with Gasteiger partial charge in [0, 0.05) is 19.4 Å². The third kappa shape index (κ3) is 5.08. The lowest BCUT2D eigenvalue weighted by atomic mass is 10.1. The second kappa shape index (κ2) is 8.67. The average Bonchev–Trinajstić information content (AvgIpc) is 2.61. The van der Waals surface area contributed by atoms with Gasteiger partial charge in [0.25, 0.3) is 0 Å². The molecule has 126 valence electrons. The van der Waals surface area contributed by atoms with E-state index in [1.54, 1.807) is 18.5 Å². The minimum Gasteiger partial charge on any atom is -0.480 e. The summed E-state index contributed by atoms with van der Waals surface area (Å²) in [5, 5.41) is 9.39. The summed E-state index contributed by atoms with van der Waals surface area (Å²) in [6.07, 6.45) is 3.49. The molecule has 0 saturated heterocycles. The number of aryl methyl sites for hydroxylation is 1. The van der Waals surface area contributed by atoms with Gasteiger partial charge in [0.05, 0.1) is 0 Å². The number of hydrogen-bond donors (Lipinski definition) is 1. The quantitative estimate of drug-likeness (QED) is 0.845. The summed E-state index contributed by atoms with van der Waals surface area (Å²) in [4.78, 5) is 28.7. The van der Waals surface area contributed by atoms with Crippen LogP contribution in [0.15, 0.2) is 54.9 Å². The van der Waals surface area contributed by atoms with Crippen LogP contribution in [-0.4, -0.2) is 40.1 Å². The number of hydrogen-bond acceptors (Lipinski definition) is 4. The fourth-order valence-electron chi connectivity index (χ4n) is 2.28. The molecule has 6 nitrogen and oxygen atoms in total. The molecule has 24 heavy (non-hydrogen) atoms. The summed E-state index contributed by atoms with van der Waals surface area (Å²) in [5.74, 6) is -1.06. The van der Waals surface area contributed by atoms with Crippen molar-refractivity contribution < 1.29 is 19.4 Å². The van der Waals surface area contributed by atoms with E-state index < -0.39 is 18.1 Å². The molecule has 0 radical (unpaired) electrons. The molecule has 0 aliphatic carbocycles. The molecule has 1 heterocycles. The van der Waals surface area contributed by atoms with Crippen LogP contribution in [0.25, 0.3) is 0 Å². The molecule has 0 bridgehead atoms. The van der Waals surface area contributed by atoms with Crippen molar-refractivity contribution in [1.82, 2.24) is 9.88 Å². The Morgan fingerprint density at radius 2 is 1.88 bits per heavy atom. The zero-order valence-electron chi connectivity index (χ0n) is 13.5. The number of carbonyl (C=O) groups excluding carboxylic acids is 1. The molecule has 1 N–H and O–H groups in total. The van der Waals surface area contributed by atoms with Crippen LogP contribution in [0.5, 0.6) is 0 Å². The molecule has 1 aromatic carbocycles. The molecule has 1 aromatic heterocycles. The van der Waals surface area contributed by atoms with Gasteiger partial charge in [-0.2, -0.15) is 0 Å². The Morgan fingerprint density at radius 3 is 2.50 bits per heavy atom. The van der Waals surface area contributed by atoms with Crippen LogP contribution in [0.3, 0.4) is 0 Å². The van der Waals surface area contributed by atoms with Crippen molar-refractivity contribution in [2.45, 2.75) is 25.5 Å². The van der Waals surface area contributed by atoms with Gasteiger partial charge in [-0.05, 0) is 30.0 Å². The highest BCUT2D eigenvalue weighted by atomic mass is 16.6. The molecule has 2 rings (SSSR count). The van der Waals surface area contributed by atoms with Crippen molar-refractivity contribution in [2.75, 3.05) is 7.05 Å². The topological polar surface area (TPSA) is 79.7 Å². The number of ether oxygens (including phenoxy) is 1. The molecule has 0 spiro atoms. The maximum atomic E-state index is 12.1. The van der Waals surface area contributed by atoms with Gasteiger partial charge in [-0.3, -0.25) is 9.88 Å². The smallest absolute Gasteiger partial charge is 0.410 e. The van der Waals surface area contributed by atoms with Gasteiger partial charge in [-0.25, -0.2) is 9.59 Å². The second-order valence-corrected chi connectivity index (χ2v) is 5.41. The van der Waals surface area contributed by atoms with E-state index in [0.717, 1.165) is 16.0 Å². The highest BCUT2D eigenvalue weighted by molar-refractivity contribution is 5.79. The summed E-state index contributed by atoms with van der Waals surface area (Å²) in [7, 11) is 1.44. The van der Waals surface area contributed by atoms with E-state index in [-0.39, 0.29) is 13.0 Å². The van der Waals surface area contributed by atoms with Crippen LogP contribution in [0, 0.1) is 0 Å². The Labute approximate surface area is 140 Å². The molecule has 1 unspecified atom stereocenters. The number of aliphatic carboxylic acids is 1. The van der Waals surface area contributed by atoms with E-state index in [9.17, 15) is 14.7 Å². The standard InChI is InChI=1S/C18H20N2O4/c1-20(18(23)24-13-15-6-3-2-4-7-15)16(17(21)22)10-9-14-8-5-11-19-12-14/h2-8,11-12,16H,9-10,13H2,1H3,(H,21,22). The van der Waals surface area contributed by atoms with Gasteiger partial charge >= 0.3 is 12.1 Å². The Morgan fingerprint density at radius 1 is 1.17 bits per heavy atom. The Bertz CT molecular complexity index is 661. The first-order valence-corrected chi connectivity index (χ1v) is 7.63. The SMILES string of the molecule is CN(C(=O)OCc1ccccc1)C(CCc1cccnc1)C(=O)O. The molecule has 0 fully saturated rings. The third-order valence-corrected chi connectivity index (χ3v) is 3.67. The number of carboxylic acids is 1. The first-order valence-electron chi connectivity index (χ1n) is 7.63. The van der Waals surface area contributed by atoms with Gasteiger partial charge in [-0.1, -0.05) is 36.4 Å². The predicted octanol–water partition coefficient (Wildman–Crippen LogP) is 2.74. The predicted molar refractivity (Wildman–Crippen MR) is 88.4 cm³/mol. The summed E-state index contributed by atoms with van der Waals surface area (Å²) in [6.45, 7) is 0.110. The monoisotopic (exact) mass is 328 g/mol. The minimum atomic E-state index is -1.06. The van der Waals surface area contributed by atoms with E-state index in [0.29, 0.717) is 6.42 Å². The Hall–Kier alpha value is -2.89. The lowest BCUT2D eigenvalue weighted by Gasteiger charge is -2.24. The highest BCUT2D eigenvalue weighted by Crippen LogP contribution is 2.11. The van der Waals surface area contributed by atoms with Gasteiger partial charge in [0.2, 0.25) is 0 Å². The van der Waals surface area contributed by atoms with Crippen molar-refractivity contribution in [3.05, 3.63) is 66.0 Å². The maximum absolute atomic E-state index is 12.1. The lowest BCUT2D eigenvalue weighted by Crippen LogP contribution is -2.43. The van der Waals surface area contributed by atoms with Gasteiger partial charge in [-0.15, -0.1) is 0 Å². The van der Waals surface area contributed by atoms with E-state index in [1.807, 2.05) is 36.4 Å². The van der Waals surface area contributed by atoms with Crippen molar-refractivity contribution in [3.63, 3.8) is 0 Å². The van der Waals surface area contributed by atoms with Crippen LogP contribution >= 0.6 is 0 Å². The van der Waals surface area contributed by atoms with Crippen LogP contribution in [0.4, 0.5) is 4.79 Å². The zero-order chi connectivity index (χ0) is 17.4. The van der Waals surface area contributed by atoms with Gasteiger partial charge < -0.3 is 9.84 Å². The molecule has 2 aromatic rings. The molecule has 0 aliphatic heterocycles. The van der Waals surface area contributed by atoms with Crippen LogP contribution in [-0.2, 0) is 22.6 Å². The number of likely N-dealkylation sites (N-methyl/N-ethyl adjacent to an activating group) is 1. The third-order valence-electron chi connectivity index (χ3n) is 3.67.